The number of piperidine rings is 1. The van der Waals surface area contributed by atoms with Gasteiger partial charge in [-0.3, -0.25) is 9.36 Å². The normalized spacial score (nSPS) is 15.8. The number of fused-ring (bicyclic) bond motifs is 1. The smallest absolute Gasteiger partial charge is 0.266 e. The zero-order chi connectivity index (χ0) is 19.9. The maximum absolute atomic E-state index is 13.0. The van der Waals surface area contributed by atoms with Gasteiger partial charge in [0.1, 0.15) is 0 Å². The predicted octanol–water partition coefficient (Wildman–Crippen LogP) is 3.53. The Kier molecular flexibility index (Phi) is 4.95. The summed E-state index contributed by atoms with van der Waals surface area (Å²) in [7, 11) is -3.51. The summed E-state index contributed by atoms with van der Waals surface area (Å²) in [5.74, 6) is 0. The van der Waals surface area contributed by atoms with Crippen LogP contribution in [0.4, 0.5) is 0 Å². The summed E-state index contributed by atoms with van der Waals surface area (Å²) < 4.78 is 28.8. The summed E-state index contributed by atoms with van der Waals surface area (Å²) in [5, 5.41) is 0.540. The maximum atomic E-state index is 13.0. The Morgan fingerprint density at radius 1 is 1.00 bits per heavy atom. The van der Waals surface area contributed by atoms with E-state index in [1.807, 2.05) is 25.1 Å². The van der Waals surface area contributed by atoms with Gasteiger partial charge in [-0.05, 0) is 68.4 Å². The molecule has 28 heavy (non-hydrogen) atoms. The fourth-order valence-corrected chi connectivity index (χ4v) is 5.40. The first-order valence-corrected chi connectivity index (χ1v) is 11.1. The largest absolute Gasteiger partial charge is 0.331 e. The molecule has 1 N–H and O–H groups in total. The number of aromatic amines is 1. The number of H-pyrrole nitrogens is 1. The highest BCUT2D eigenvalue weighted by Crippen LogP contribution is 2.22. The Bertz CT molecular complexity index is 1250. The lowest BCUT2D eigenvalue weighted by atomic mass is 10.1. The molecule has 146 valence electrons. The molecule has 1 aliphatic rings. The summed E-state index contributed by atoms with van der Waals surface area (Å²) in [6.07, 6.45) is 2.84. The van der Waals surface area contributed by atoms with E-state index in [0.717, 1.165) is 24.8 Å². The average Bonchev–Trinajstić information content (AvgIpc) is 2.70. The van der Waals surface area contributed by atoms with Crippen molar-refractivity contribution in [3.05, 3.63) is 63.2 Å². The van der Waals surface area contributed by atoms with E-state index in [1.54, 1.807) is 24.3 Å². The zero-order valence-corrected chi connectivity index (χ0v) is 17.1. The van der Waals surface area contributed by atoms with Gasteiger partial charge in [-0.1, -0.05) is 18.1 Å². The van der Waals surface area contributed by atoms with Crippen LogP contribution in [0.1, 0.15) is 24.8 Å². The molecule has 8 heteroatoms. The Morgan fingerprint density at radius 3 is 2.36 bits per heavy atom. The molecule has 3 aromatic rings. The van der Waals surface area contributed by atoms with Crippen LogP contribution in [0.2, 0.25) is 0 Å². The third-order valence-electron chi connectivity index (χ3n) is 5.10. The predicted molar refractivity (Wildman–Crippen MR) is 112 cm³/mol. The van der Waals surface area contributed by atoms with Gasteiger partial charge in [0.05, 0.1) is 21.5 Å². The van der Waals surface area contributed by atoms with Gasteiger partial charge in [0, 0.05) is 13.1 Å². The quantitative estimate of drug-likeness (QED) is 0.664. The molecule has 1 saturated heterocycles. The molecule has 0 unspecified atom stereocenters. The van der Waals surface area contributed by atoms with Crippen molar-refractivity contribution in [2.45, 2.75) is 31.1 Å². The first-order chi connectivity index (χ1) is 13.4. The fraction of sp³-hybridized carbons (Fsp3) is 0.300. The van der Waals surface area contributed by atoms with E-state index < -0.39 is 10.0 Å². The van der Waals surface area contributed by atoms with Crippen molar-refractivity contribution >= 4 is 33.1 Å². The van der Waals surface area contributed by atoms with Gasteiger partial charge in [-0.25, -0.2) is 8.42 Å². The topological polar surface area (TPSA) is 75.2 Å². The van der Waals surface area contributed by atoms with Crippen molar-refractivity contribution in [3.8, 4) is 5.69 Å². The van der Waals surface area contributed by atoms with Crippen LogP contribution in [-0.4, -0.2) is 35.4 Å². The third-order valence-corrected chi connectivity index (χ3v) is 7.30. The molecule has 0 spiro atoms. The number of sulfonamides is 1. The molecule has 1 aliphatic heterocycles. The standard InChI is InChI=1S/C20H21N3O3S2/c1-14-5-10-18-17(13-14)19(24)23(20(27)21-18)15-6-8-16(9-7-15)28(25,26)22-11-3-2-4-12-22/h5-10,13H,2-4,11-12H2,1H3,(H,21,27). The molecule has 4 rings (SSSR count). The molecule has 6 nitrogen and oxygen atoms in total. The number of aryl methyl sites for hydroxylation is 1. The first kappa shape index (κ1) is 19.0. The van der Waals surface area contributed by atoms with Crippen LogP contribution in [0.5, 0.6) is 0 Å². The number of nitrogens with zero attached hydrogens (tertiary/aromatic N) is 2. The zero-order valence-electron chi connectivity index (χ0n) is 15.5. The van der Waals surface area contributed by atoms with Crippen LogP contribution in [-0.2, 0) is 10.0 Å². The number of benzene rings is 2. The molecule has 0 saturated carbocycles. The van der Waals surface area contributed by atoms with Gasteiger partial charge >= 0.3 is 0 Å². The minimum atomic E-state index is -3.51. The minimum Gasteiger partial charge on any atom is -0.331 e. The van der Waals surface area contributed by atoms with Gasteiger partial charge < -0.3 is 4.98 Å². The number of rotatable bonds is 3. The van der Waals surface area contributed by atoms with Crippen molar-refractivity contribution < 1.29 is 8.42 Å². The maximum Gasteiger partial charge on any atom is 0.266 e. The van der Waals surface area contributed by atoms with Crippen LogP contribution in [0.25, 0.3) is 16.6 Å². The van der Waals surface area contributed by atoms with Crippen molar-refractivity contribution in [3.63, 3.8) is 0 Å². The molecule has 2 heterocycles. The Labute approximate surface area is 168 Å². The van der Waals surface area contributed by atoms with E-state index in [-0.39, 0.29) is 15.2 Å². The molecule has 2 aromatic carbocycles. The number of aromatic nitrogens is 2. The second-order valence-corrected chi connectivity index (χ2v) is 9.40. The van der Waals surface area contributed by atoms with Gasteiger partial charge in [0.15, 0.2) is 4.77 Å². The Morgan fingerprint density at radius 2 is 1.68 bits per heavy atom. The van der Waals surface area contributed by atoms with Crippen LogP contribution >= 0.6 is 12.2 Å². The van der Waals surface area contributed by atoms with Crippen LogP contribution in [0, 0.1) is 11.7 Å². The van der Waals surface area contributed by atoms with Gasteiger partial charge in [0.25, 0.3) is 5.56 Å². The van der Waals surface area contributed by atoms with E-state index in [2.05, 4.69) is 4.98 Å². The number of nitrogens with one attached hydrogen (secondary N) is 1. The van der Waals surface area contributed by atoms with E-state index >= 15 is 0 Å². The lowest BCUT2D eigenvalue weighted by Crippen LogP contribution is -2.35. The van der Waals surface area contributed by atoms with Crippen molar-refractivity contribution in [2.24, 2.45) is 0 Å². The third kappa shape index (κ3) is 3.32. The van der Waals surface area contributed by atoms with E-state index in [1.165, 1.54) is 8.87 Å². The summed E-state index contributed by atoms with van der Waals surface area (Å²) in [6.45, 7) is 3.03. The average molecular weight is 416 g/mol. The molecule has 0 aliphatic carbocycles. The van der Waals surface area contributed by atoms with Crippen LogP contribution in [0.3, 0.4) is 0 Å². The molecular formula is C20H21N3O3S2. The Hall–Kier alpha value is -2.29. The minimum absolute atomic E-state index is 0.228. The Balaban J connectivity index is 1.77. The molecular weight excluding hydrogens is 394 g/mol. The van der Waals surface area contributed by atoms with Crippen molar-refractivity contribution in [2.75, 3.05) is 13.1 Å². The SMILES string of the molecule is Cc1ccc2[nH]c(=S)n(-c3ccc(S(=O)(=O)N4CCCCC4)cc3)c(=O)c2c1. The lowest BCUT2D eigenvalue weighted by molar-refractivity contribution is 0.346. The monoisotopic (exact) mass is 415 g/mol. The highest BCUT2D eigenvalue weighted by Gasteiger charge is 2.25. The van der Waals surface area contributed by atoms with Crippen LogP contribution in [0.15, 0.2) is 52.2 Å². The summed E-state index contributed by atoms with van der Waals surface area (Å²) >= 11 is 5.37. The van der Waals surface area contributed by atoms with Gasteiger partial charge in [-0.2, -0.15) is 4.31 Å². The lowest BCUT2D eigenvalue weighted by Gasteiger charge is -2.25. The van der Waals surface area contributed by atoms with Gasteiger partial charge in [0.2, 0.25) is 10.0 Å². The summed E-state index contributed by atoms with van der Waals surface area (Å²) in [6, 6.07) is 11.9. The second-order valence-electron chi connectivity index (χ2n) is 7.08. The van der Waals surface area contributed by atoms with Gasteiger partial charge in [-0.15, -0.1) is 0 Å². The molecule has 0 amide bonds. The molecule has 1 fully saturated rings. The summed E-state index contributed by atoms with van der Waals surface area (Å²) in [5.41, 5.74) is 1.96. The van der Waals surface area contributed by atoms with E-state index in [0.29, 0.717) is 29.7 Å². The molecule has 1 aromatic heterocycles. The highest BCUT2D eigenvalue weighted by atomic mass is 32.2. The summed E-state index contributed by atoms with van der Waals surface area (Å²) in [4.78, 5) is 16.3. The number of hydrogen-bond donors (Lipinski definition) is 1. The molecule has 0 bridgehead atoms. The highest BCUT2D eigenvalue weighted by molar-refractivity contribution is 7.89. The van der Waals surface area contributed by atoms with E-state index in [4.69, 9.17) is 12.2 Å². The molecule has 0 radical (unpaired) electrons. The van der Waals surface area contributed by atoms with Crippen molar-refractivity contribution in [1.82, 2.24) is 13.9 Å². The number of hydrogen-bond acceptors (Lipinski definition) is 4. The first-order valence-electron chi connectivity index (χ1n) is 9.24. The van der Waals surface area contributed by atoms with E-state index in [9.17, 15) is 13.2 Å². The van der Waals surface area contributed by atoms with Crippen molar-refractivity contribution in [1.29, 1.82) is 0 Å². The second kappa shape index (κ2) is 7.27. The fourth-order valence-electron chi connectivity index (χ4n) is 3.58. The van der Waals surface area contributed by atoms with Crippen LogP contribution < -0.4 is 5.56 Å². The molecule has 0 atom stereocenters.